The van der Waals surface area contributed by atoms with Crippen LogP contribution in [0.1, 0.15) is 39.5 Å². The molecule has 1 aliphatic rings. The molecule has 1 saturated heterocycles. The molecule has 1 unspecified atom stereocenters. The second kappa shape index (κ2) is 6.58. The molecule has 0 aromatic heterocycles. The molecular weight excluding hydrogens is 232 g/mol. The monoisotopic (exact) mass is 256 g/mol. The highest BCUT2D eigenvalue weighted by molar-refractivity contribution is 5.85. The zero-order chi connectivity index (χ0) is 13.6. The van der Waals surface area contributed by atoms with Gasteiger partial charge in [0.05, 0.1) is 0 Å². The van der Waals surface area contributed by atoms with Crippen LogP contribution in [-0.4, -0.2) is 36.1 Å². The highest BCUT2D eigenvalue weighted by atomic mass is 16.4. The van der Waals surface area contributed by atoms with E-state index in [1.165, 1.54) is 0 Å². The van der Waals surface area contributed by atoms with Crippen molar-refractivity contribution in [3.8, 4) is 0 Å². The minimum atomic E-state index is -0.264. The summed E-state index contributed by atoms with van der Waals surface area (Å²) in [6, 6.07) is 0.273. The molecule has 0 spiro atoms. The zero-order valence-electron chi connectivity index (χ0n) is 11.2. The van der Waals surface area contributed by atoms with Crippen molar-refractivity contribution >= 4 is 11.7 Å². The Hall–Kier alpha value is -1.30. The fourth-order valence-corrected chi connectivity index (χ4v) is 2.01. The van der Waals surface area contributed by atoms with Crippen LogP contribution < -0.4 is 16.4 Å². The van der Waals surface area contributed by atoms with Crippen molar-refractivity contribution in [3.63, 3.8) is 0 Å². The second-order valence-electron chi connectivity index (χ2n) is 5.49. The molecule has 0 aliphatic carbocycles. The highest BCUT2D eigenvalue weighted by Gasteiger charge is 2.23. The molecule has 0 bridgehead atoms. The van der Waals surface area contributed by atoms with E-state index in [1.54, 1.807) is 0 Å². The predicted molar refractivity (Wildman–Crippen MR) is 70.5 cm³/mol. The number of carbonyl (C=O) groups is 1. The average molecular weight is 256 g/mol. The van der Waals surface area contributed by atoms with Crippen LogP contribution in [0.2, 0.25) is 0 Å². The standard InChI is InChI=1S/C12H24N4O2/c1-12(2,11(13)16-18)5-3-4-6-14-9-7-10(17)15-8-9/h9,14,18H,3-8H2,1-2H3,(H2,13,16)(H,15,17). The van der Waals surface area contributed by atoms with E-state index in [1.807, 2.05) is 13.8 Å². The summed E-state index contributed by atoms with van der Waals surface area (Å²) in [5, 5.41) is 17.9. The summed E-state index contributed by atoms with van der Waals surface area (Å²) < 4.78 is 0. The molecule has 104 valence electrons. The van der Waals surface area contributed by atoms with Crippen molar-refractivity contribution in [2.24, 2.45) is 16.3 Å². The fourth-order valence-electron chi connectivity index (χ4n) is 2.01. The van der Waals surface area contributed by atoms with E-state index in [9.17, 15) is 4.79 Å². The molecule has 1 aliphatic heterocycles. The van der Waals surface area contributed by atoms with E-state index in [4.69, 9.17) is 10.9 Å². The first-order valence-corrected chi connectivity index (χ1v) is 6.44. The van der Waals surface area contributed by atoms with Crippen molar-refractivity contribution in [1.29, 1.82) is 0 Å². The summed E-state index contributed by atoms with van der Waals surface area (Å²) >= 11 is 0. The molecule has 18 heavy (non-hydrogen) atoms. The molecule has 6 heteroatoms. The Kier molecular flexibility index (Phi) is 5.40. The first-order chi connectivity index (χ1) is 8.45. The molecule has 5 N–H and O–H groups in total. The quantitative estimate of drug-likeness (QED) is 0.174. The number of nitrogens with two attached hydrogens (primary N) is 1. The fraction of sp³-hybridized carbons (Fsp3) is 0.833. The Labute approximate surface area is 108 Å². The lowest BCUT2D eigenvalue weighted by atomic mass is 9.86. The van der Waals surface area contributed by atoms with E-state index in [2.05, 4.69) is 15.8 Å². The molecule has 1 atom stereocenters. The van der Waals surface area contributed by atoms with Gasteiger partial charge in [0.1, 0.15) is 5.84 Å². The summed E-state index contributed by atoms with van der Waals surface area (Å²) in [6.45, 7) is 5.56. The largest absolute Gasteiger partial charge is 0.409 e. The van der Waals surface area contributed by atoms with Crippen LogP contribution in [0.15, 0.2) is 5.16 Å². The van der Waals surface area contributed by atoms with Crippen molar-refractivity contribution in [2.45, 2.75) is 45.6 Å². The number of amides is 1. The maximum absolute atomic E-state index is 11.0. The lowest BCUT2D eigenvalue weighted by molar-refractivity contribution is -0.119. The molecule has 1 heterocycles. The van der Waals surface area contributed by atoms with Gasteiger partial charge in [-0.15, -0.1) is 0 Å². The maximum atomic E-state index is 11.0. The first-order valence-electron chi connectivity index (χ1n) is 6.44. The van der Waals surface area contributed by atoms with Gasteiger partial charge in [0.15, 0.2) is 0 Å². The lowest BCUT2D eigenvalue weighted by Crippen LogP contribution is -2.33. The number of hydrogen-bond acceptors (Lipinski definition) is 4. The van der Waals surface area contributed by atoms with E-state index >= 15 is 0 Å². The molecule has 6 nitrogen and oxygen atoms in total. The van der Waals surface area contributed by atoms with Crippen molar-refractivity contribution < 1.29 is 10.0 Å². The topological polar surface area (TPSA) is 99.7 Å². The van der Waals surface area contributed by atoms with E-state index in [0.29, 0.717) is 6.42 Å². The molecule has 0 aromatic rings. The number of amidine groups is 1. The predicted octanol–water partition coefficient (Wildman–Crippen LogP) is 0.407. The third-order valence-electron chi connectivity index (χ3n) is 3.44. The van der Waals surface area contributed by atoms with Gasteiger partial charge >= 0.3 is 0 Å². The van der Waals surface area contributed by atoms with Gasteiger partial charge < -0.3 is 21.6 Å². The van der Waals surface area contributed by atoms with Gasteiger partial charge in [0.2, 0.25) is 5.91 Å². The molecule has 0 aromatic carbocycles. The van der Waals surface area contributed by atoms with Crippen molar-refractivity contribution in [3.05, 3.63) is 0 Å². The number of oxime groups is 1. The number of unbranched alkanes of at least 4 members (excludes halogenated alkanes) is 1. The van der Waals surface area contributed by atoms with Crippen LogP contribution in [0.25, 0.3) is 0 Å². The third kappa shape index (κ3) is 4.52. The van der Waals surface area contributed by atoms with Gasteiger partial charge in [-0.05, 0) is 19.4 Å². The van der Waals surface area contributed by atoms with Gasteiger partial charge in [-0.1, -0.05) is 25.4 Å². The Morgan fingerprint density at radius 1 is 1.61 bits per heavy atom. The number of nitrogens with zero attached hydrogens (tertiary/aromatic N) is 1. The van der Waals surface area contributed by atoms with Crippen LogP contribution in [0.5, 0.6) is 0 Å². The lowest BCUT2D eigenvalue weighted by Gasteiger charge is -2.22. The molecule has 0 saturated carbocycles. The van der Waals surface area contributed by atoms with Crippen LogP contribution in [0, 0.1) is 5.41 Å². The zero-order valence-corrected chi connectivity index (χ0v) is 11.2. The number of carbonyl (C=O) groups excluding carboxylic acids is 1. The number of hydrogen-bond donors (Lipinski definition) is 4. The minimum absolute atomic E-state index is 0.126. The second-order valence-corrected chi connectivity index (χ2v) is 5.49. The van der Waals surface area contributed by atoms with Crippen LogP contribution in [0.4, 0.5) is 0 Å². The summed E-state index contributed by atoms with van der Waals surface area (Å²) in [5.74, 6) is 0.404. The van der Waals surface area contributed by atoms with Gasteiger partial charge in [0.25, 0.3) is 0 Å². The molecular formula is C12H24N4O2. The number of nitrogens with one attached hydrogen (secondary N) is 2. The average Bonchev–Trinajstić information content (AvgIpc) is 2.73. The molecule has 1 amide bonds. The van der Waals surface area contributed by atoms with E-state index in [0.717, 1.165) is 32.4 Å². The third-order valence-corrected chi connectivity index (χ3v) is 3.44. The Balaban J connectivity index is 2.10. The van der Waals surface area contributed by atoms with Crippen molar-refractivity contribution in [1.82, 2.24) is 10.6 Å². The van der Waals surface area contributed by atoms with Gasteiger partial charge in [-0.25, -0.2) is 0 Å². The summed E-state index contributed by atoms with van der Waals surface area (Å²) in [6.07, 6.45) is 3.49. The van der Waals surface area contributed by atoms with E-state index in [-0.39, 0.29) is 23.2 Å². The SMILES string of the molecule is CC(C)(CCCCNC1CNC(=O)C1)C(N)=NO. The highest BCUT2D eigenvalue weighted by Crippen LogP contribution is 2.23. The Morgan fingerprint density at radius 3 is 2.89 bits per heavy atom. The summed E-state index contributed by atoms with van der Waals surface area (Å²) in [5.41, 5.74) is 5.35. The minimum Gasteiger partial charge on any atom is -0.409 e. The maximum Gasteiger partial charge on any atom is 0.221 e. The van der Waals surface area contributed by atoms with Gasteiger partial charge in [-0.3, -0.25) is 4.79 Å². The normalized spacial score (nSPS) is 21.1. The smallest absolute Gasteiger partial charge is 0.221 e. The molecule has 0 radical (unpaired) electrons. The summed E-state index contributed by atoms with van der Waals surface area (Å²) in [4.78, 5) is 11.0. The van der Waals surface area contributed by atoms with E-state index < -0.39 is 0 Å². The summed E-state index contributed by atoms with van der Waals surface area (Å²) in [7, 11) is 0. The van der Waals surface area contributed by atoms with Crippen molar-refractivity contribution in [2.75, 3.05) is 13.1 Å². The Bertz CT molecular complexity index is 315. The Morgan fingerprint density at radius 2 is 2.33 bits per heavy atom. The first kappa shape index (κ1) is 14.8. The van der Waals surface area contributed by atoms with Gasteiger partial charge in [-0.2, -0.15) is 0 Å². The van der Waals surface area contributed by atoms with Crippen LogP contribution in [-0.2, 0) is 4.79 Å². The molecule has 1 rings (SSSR count). The van der Waals surface area contributed by atoms with Crippen LogP contribution >= 0.6 is 0 Å². The molecule has 1 fully saturated rings. The van der Waals surface area contributed by atoms with Crippen LogP contribution in [0.3, 0.4) is 0 Å². The van der Waals surface area contributed by atoms with Gasteiger partial charge in [0, 0.05) is 24.4 Å². The number of rotatable bonds is 7.